The summed E-state index contributed by atoms with van der Waals surface area (Å²) < 4.78 is 16.9. The van der Waals surface area contributed by atoms with E-state index in [4.69, 9.17) is 0 Å². The molecule has 1 aliphatic heterocycles. The van der Waals surface area contributed by atoms with Gasteiger partial charge >= 0.3 is 6.03 Å². The summed E-state index contributed by atoms with van der Waals surface area (Å²) in [6.45, 7) is 4.45. The van der Waals surface area contributed by atoms with Crippen molar-refractivity contribution in [2.24, 2.45) is 0 Å². The van der Waals surface area contributed by atoms with Gasteiger partial charge in [-0.1, -0.05) is 0 Å². The minimum absolute atomic E-state index is 0.229. The molecule has 2 aromatic rings. The van der Waals surface area contributed by atoms with Crippen LogP contribution in [0.25, 0.3) is 0 Å². The first-order chi connectivity index (χ1) is 10.6. The first kappa shape index (κ1) is 14.6. The van der Waals surface area contributed by atoms with E-state index in [9.17, 15) is 9.18 Å². The van der Waals surface area contributed by atoms with Gasteiger partial charge in [0.25, 0.3) is 0 Å². The summed E-state index contributed by atoms with van der Waals surface area (Å²) in [4.78, 5) is 24.1. The lowest BCUT2D eigenvalue weighted by Gasteiger charge is -2.34. The lowest BCUT2D eigenvalue weighted by atomic mass is 10.3. The highest BCUT2D eigenvalue weighted by Crippen LogP contribution is 2.18. The number of rotatable bonds is 2. The minimum atomic E-state index is -0.432. The third kappa shape index (κ3) is 3.30. The van der Waals surface area contributed by atoms with Crippen molar-refractivity contribution in [3.63, 3.8) is 0 Å². The fourth-order valence-electron chi connectivity index (χ4n) is 2.15. The number of hydrogen-bond acceptors (Lipinski definition) is 6. The highest BCUT2D eigenvalue weighted by Gasteiger charge is 2.23. The fourth-order valence-corrected chi connectivity index (χ4v) is 2.88. The van der Waals surface area contributed by atoms with Gasteiger partial charge in [0.15, 0.2) is 0 Å². The molecule has 0 saturated carbocycles. The molecule has 0 aliphatic carbocycles. The second kappa shape index (κ2) is 6.22. The predicted molar refractivity (Wildman–Crippen MR) is 81.6 cm³/mol. The Balaban J connectivity index is 1.54. The number of pyridine rings is 1. The molecule has 1 N–H and O–H groups in total. The summed E-state index contributed by atoms with van der Waals surface area (Å²) in [7, 11) is 0. The average molecular weight is 322 g/mol. The van der Waals surface area contributed by atoms with Gasteiger partial charge in [-0.3, -0.25) is 5.32 Å². The number of aryl methyl sites for hydroxylation is 1. The standard InChI is InChI=1S/C13H15FN6OS/c1-9-16-13(22-18-9)20-6-4-19(5-7-20)12(21)17-11-3-2-10(14)8-15-11/h2-3,8H,4-7H2,1H3,(H,15,17,21). The molecule has 2 amide bonds. The van der Waals surface area contributed by atoms with Crippen LogP contribution in [-0.4, -0.2) is 51.5 Å². The van der Waals surface area contributed by atoms with E-state index in [2.05, 4.69) is 24.6 Å². The number of urea groups is 1. The van der Waals surface area contributed by atoms with Gasteiger partial charge in [0.05, 0.1) is 6.20 Å². The molecule has 1 fully saturated rings. The predicted octanol–water partition coefficient (Wildman–Crippen LogP) is 1.73. The molecule has 1 aliphatic rings. The van der Waals surface area contributed by atoms with E-state index in [0.717, 1.165) is 17.2 Å². The molecule has 3 heterocycles. The van der Waals surface area contributed by atoms with Crippen molar-refractivity contribution < 1.29 is 9.18 Å². The maximum Gasteiger partial charge on any atom is 0.323 e. The number of hydrogen-bond donors (Lipinski definition) is 1. The van der Waals surface area contributed by atoms with Crippen LogP contribution in [0.1, 0.15) is 5.82 Å². The maximum atomic E-state index is 12.8. The van der Waals surface area contributed by atoms with Gasteiger partial charge in [0, 0.05) is 37.7 Å². The Morgan fingerprint density at radius 2 is 2.09 bits per heavy atom. The van der Waals surface area contributed by atoms with E-state index in [0.29, 0.717) is 32.0 Å². The van der Waals surface area contributed by atoms with E-state index < -0.39 is 5.82 Å². The summed E-state index contributed by atoms with van der Waals surface area (Å²) in [5.74, 6) is 0.676. The van der Waals surface area contributed by atoms with Crippen LogP contribution in [0.4, 0.5) is 20.1 Å². The molecule has 0 spiro atoms. The van der Waals surface area contributed by atoms with Gasteiger partial charge in [0.1, 0.15) is 17.5 Å². The van der Waals surface area contributed by atoms with Gasteiger partial charge in [-0.15, -0.1) is 0 Å². The fraction of sp³-hybridized carbons (Fsp3) is 0.385. The molecule has 3 rings (SSSR count). The second-order valence-corrected chi connectivity index (χ2v) is 5.62. The summed E-state index contributed by atoms with van der Waals surface area (Å²) in [5.41, 5.74) is 0. The highest BCUT2D eigenvalue weighted by atomic mass is 32.1. The Labute approximate surface area is 131 Å². The van der Waals surface area contributed by atoms with Gasteiger partial charge in [-0.2, -0.15) is 4.37 Å². The normalized spacial score (nSPS) is 15.0. The van der Waals surface area contributed by atoms with Crippen LogP contribution >= 0.6 is 11.5 Å². The van der Waals surface area contributed by atoms with E-state index in [-0.39, 0.29) is 6.03 Å². The molecule has 0 aromatic carbocycles. The first-order valence-electron chi connectivity index (χ1n) is 6.84. The molecule has 0 bridgehead atoms. The number of aromatic nitrogens is 3. The van der Waals surface area contributed by atoms with E-state index in [1.807, 2.05) is 6.92 Å². The van der Waals surface area contributed by atoms with Crippen LogP contribution in [-0.2, 0) is 0 Å². The molecular weight excluding hydrogens is 307 g/mol. The summed E-state index contributed by atoms with van der Waals surface area (Å²) in [6.07, 6.45) is 1.07. The van der Waals surface area contributed by atoms with E-state index in [1.54, 1.807) is 4.90 Å². The van der Waals surface area contributed by atoms with Crippen LogP contribution in [0.5, 0.6) is 0 Å². The molecule has 9 heteroatoms. The molecular formula is C13H15FN6OS. The quantitative estimate of drug-likeness (QED) is 0.911. The van der Waals surface area contributed by atoms with Crippen molar-refractivity contribution in [2.45, 2.75) is 6.92 Å². The van der Waals surface area contributed by atoms with Crippen LogP contribution in [0.15, 0.2) is 18.3 Å². The second-order valence-electron chi connectivity index (χ2n) is 4.89. The number of amides is 2. The minimum Gasteiger partial charge on any atom is -0.343 e. The number of halogens is 1. The first-order valence-corrected chi connectivity index (χ1v) is 7.62. The Hall–Kier alpha value is -2.29. The highest BCUT2D eigenvalue weighted by molar-refractivity contribution is 7.09. The largest absolute Gasteiger partial charge is 0.343 e. The van der Waals surface area contributed by atoms with Gasteiger partial charge in [-0.05, 0) is 19.1 Å². The summed E-state index contributed by atoms with van der Waals surface area (Å²) >= 11 is 1.37. The number of nitrogens with one attached hydrogen (secondary N) is 1. The summed E-state index contributed by atoms with van der Waals surface area (Å²) in [5, 5.41) is 3.55. The molecule has 1 saturated heterocycles. The topological polar surface area (TPSA) is 74.2 Å². The number of carbonyl (C=O) groups excluding carboxylic acids is 1. The van der Waals surface area contributed by atoms with E-state index >= 15 is 0 Å². The van der Waals surface area contributed by atoms with Crippen molar-refractivity contribution in [3.05, 3.63) is 30.0 Å². The van der Waals surface area contributed by atoms with Crippen LogP contribution < -0.4 is 10.2 Å². The SMILES string of the molecule is Cc1nsc(N2CCN(C(=O)Nc3ccc(F)cn3)CC2)n1. The number of piperazine rings is 1. The van der Waals surface area contributed by atoms with Crippen LogP contribution in [0.2, 0.25) is 0 Å². The Kier molecular flexibility index (Phi) is 4.14. The van der Waals surface area contributed by atoms with Gasteiger partial charge in [0.2, 0.25) is 5.13 Å². The van der Waals surface area contributed by atoms with Gasteiger partial charge < -0.3 is 9.80 Å². The zero-order chi connectivity index (χ0) is 15.5. The monoisotopic (exact) mass is 322 g/mol. The molecule has 0 atom stereocenters. The van der Waals surface area contributed by atoms with Crippen LogP contribution in [0, 0.1) is 12.7 Å². The summed E-state index contributed by atoms with van der Waals surface area (Å²) in [6, 6.07) is 2.47. The zero-order valence-electron chi connectivity index (χ0n) is 12.0. The van der Waals surface area contributed by atoms with Crippen molar-refractivity contribution in [2.75, 3.05) is 36.4 Å². The molecule has 7 nitrogen and oxygen atoms in total. The van der Waals surface area contributed by atoms with Crippen molar-refractivity contribution >= 4 is 28.5 Å². The van der Waals surface area contributed by atoms with Gasteiger partial charge in [-0.25, -0.2) is 19.2 Å². The Morgan fingerprint density at radius 3 is 2.68 bits per heavy atom. The third-order valence-electron chi connectivity index (χ3n) is 3.32. The Bertz CT molecular complexity index is 653. The number of carbonyl (C=O) groups is 1. The van der Waals surface area contributed by atoms with Crippen molar-refractivity contribution in [1.82, 2.24) is 19.2 Å². The molecule has 22 heavy (non-hydrogen) atoms. The molecule has 116 valence electrons. The maximum absolute atomic E-state index is 12.8. The average Bonchev–Trinajstić information content (AvgIpc) is 2.96. The number of nitrogens with zero attached hydrogens (tertiary/aromatic N) is 5. The lowest BCUT2D eigenvalue weighted by molar-refractivity contribution is 0.208. The van der Waals surface area contributed by atoms with Crippen molar-refractivity contribution in [1.29, 1.82) is 0 Å². The number of anilines is 2. The molecule has 0 radical (unpaired) electrons. The molecule has 2 aromatic heterocycles. The van der Waals surface area contributed by atoms with E-state index in [1.165, 1.54) is 23.7 Å². The third-order valence-corrected chi connectivity index (χ3v) is 4.18. The van der Waals surface area contributed by atoms with Crippen LogP contribution in [0.3, 0.4) is 0 Å². The molecule has 0 unspecified atom stereocenters. The zero-order valence-corrected chi connectivity index (χ0v) is 12.8. The smallest absolute Gasteiger partial charge is 0.323 e. The lowest BCUT2D eigenvalue weighted by Crippen LogP contribution is -2.50. The Morgan fingerprint density at radius 1 is 1.32 bits per heavy atom. The van der Waals surface area contributed by atoms with Crippen molar-refractivity contribution in [3.8, 4) is 0 Å².